The fraction of sp³-hybridized carbons (Fsp3) is 0.533. The summed E-state index contributed by atoms with van der Waals surface area (Å²) in [6.07, 6.45) is 0.938. The molecule has 0 amide bonds. The number of fused-ring (bicyclic) bond motifs is 1. The third-order valence-electron chi connectivity index (χ3n) is 3.16. The van der Waals surface area contributed by atoms with Gasteiger partial charge < -0.3 is 14.6 Å². The summed E-state index contributed by atoms with van der Waals surface area (Å²) < 4.78 is 7.85. The summed E-state index contributed by atoms with van der Waals surface area (Å²) in [6, 6.07) is 6.57. The topological polar surface area (TPSA) is 39.1 Å². The SMILES string of the molecule is CCOc1ccc2c(c1)nc(CCNC)n2C(C)C. The molecular formula is C15H23N3O. The van der Waals surface area contributed by atoms with Crippen molar-refractivity contribution >= 4 is 11.0 Å². The molecule has 0 bridgehead atoms. The molecule has 4 heteroatoms. The molecule has 0 aliphatic carbocycles. The molecular weight excluding hydrogens is 238 g/mol. The van der Waals surface area contributed by atoms with Gasteiger partial charge in [0.15, 0.2) is 0 Å². The van der Waals surface area contributed by atoms with Gasteiger partial charge in [0.05, 0.1) is 17.6 Å². The molecule has 0 saturated carbocycles. The molecule has 2 rings (SSSR count). The molecule has 104 valence electrons. The van der Waals surface area contributed by atoms with Crippen molar-refractivity contribution in [2.75, 3.05) is 20.2 Å². The second-order valence-corrected chi connectivity index (χ2v) is 4.93. The van der Waals surface area contributed by atoms with Crippen LogP contribution in [0, 0.1) is 0 Å². The van der Waals surface area contributed by atoms with E-state index in [0.29, 0.717) is 12.6 Å². The van der Waals surface area contributed by atoms with Crippen LogP contribution in [0.5, 0.6) is 5.75 Å². The van der Waals surface area contributed by atoms with Crippen LogP contribution < -0.4 is 10.1 Å². The van der Waals surface area contributed by atoms with Crippen LogP contribution in [-0.2, 0) is 6.42 Å². The van der Waals surface area contributed by atoms with Gasteiger partial charge in [0.25, 0.3) is 0 Å². The van der Waals surface area contributed by atoms with Crippen molar-refractivity contribution in [1.82, 2.24) is 14.9 Å². The minimum absolute atomic E-state index is 0.412. The first-order chi connectivity index (χ1) is 9.17. The summed E-state index contributed by atoms with van der Waals surface area (Å²) >= 11 is 0. The second kappa shape index (κ2) is 6.06. The number of nitrogens with one attached hydrogen (secondary N) is 1. The van der Waals surface area contributed by atoms with Gasteiger partial charge in [0, 0.05) is 25.1 Å². The zero-order chi connectivity index (χ0) is 13.8. The average Bonchev–Trinajstić information content (AvgIpc) is 2.74. The molecule has 0 aliphatic heterocycles. The second-order valence-electron chi connectivity index (χ2n) is 4.93. The van der Waals surface area contributed by atoms with Gasteiger partial charge in [-0.05, 0) is 40.0 Å². The molecule has 0 spiro atoms. The van der Waals surface area contributed by atoms with Gasteiger partial charge in [-0.15, -0.1) is 0 Å². The highest BCUT2D eigenvalue weighted by Gasteiger charge is 2.13. The Labute approximate surface area is 114 Å². The van der Waals surface area contributed by atoms with Gasteiger partial charge in [-0.2, -0.15) is 0 Å². The number of rotatable bonds is 6. The van der Waals surface area contributed by atoms with Crippen LogP contribution in [0.2, 0.25) is 0 Å². The van der Waals surface area contributed by atoms with E-state index in [0.717, 1.165) is 30.1 Å². The Kier molecular flexibility index (Phi) is 4.43. The van der Waals surface area contributed by atoms with Gasteiger partial charge in [0.2, 0.25) is 0 Å². The summed E-state index contributed by atoms with van der Waals surface area (Å²) in [5.74, 6) is 2.02. The Bertz CT molecular complexity index is 546. The predicted octanol–water partition coefficient (Wildman–Crippen LogP) is 2.78. The zero-order valence-corrected chi connectivity index (χ0v) is 12.2. The van der Waals surface area contributed by atoms with Crippen LogP contribution in [0.15, 0.2) is 18.2 Å². The summed E-state index contributed by atoms with van der Waals surface area (Å²) in [4.78, 5) is 4.76. The van der Waals surface area contributed by atoms with Crippen LogP contribution in [0.4, 0.5) is 0 Å². The number of hydrogen-bond acceptors (Lipinski definition) is 3. The minimum Gasteiger partial charge on any atom is -0.494 e. The molecule has 0 aliphatic rings. The number of benzene rings is 1. The number of imidazole rings is 1. The van der Waals surface area contributed by atoms with E-state index in [1.54, 1.807) is 0 Å². The van der Waals surface area contributed by atoms with Gasteiger partial charge in [-0.25, -0.2) is 4.98 Å². The van der Waals surface area contributed by atoms with Crippen molar-refractivity contribution in [3.8, 4) is 5.75 Å². The lowest BCUT2D eigenvalue weighted by molar-refractivity contribution is 0.340. The fourth-order valence-corrected chi connectivity index (χ4v) is 2.37. The number of hydrogen-bond donors (Lipinski definition) is 1. The fourth-order valence-electron chi connectivity index (χ4n) is 2.37. The summed E-state index contributed by atoms with van der Waals surface area (Å²) in [5, 5.41) is 3.18. The standard InChI is InChI=1S/C15H23N3O/c1-5-19-12-6-7-14-13(10-12)17-15(8-9-16-4)18(14)11(2)3/h6-7,10-11,16H,5,8-9H2,1-4H3. The van der Waals surface area contributed by atoms with Gasteiger partial charge in [0.1, 0.15) is 11.6 Å². The van der Waals surface area contributed by atoms with Crippen LogP contribution in [0.25, 0.3) is 11.0 Å². The summed E-state index contributed by atoms with van der Waals surface area (Å²) in [5.41, 5.74) is 2.20. The highest BCUT2D eigenvalue weighted by Crippen LogP contribution is 2.25. The Morgan fingerprint density at radius 2 is 2.16 bits per heavy atom. The minimum atomic E-state index is 0.412. The van der Waals surface area contributed by atoms with E-state index in [9.17, 15) is 0 Å². The highest BCUT2D eigenvalue weighted by molar-refractivity contribution is 5.78. The predicted molar refractivity (Wildman–Crippen MR) is 78.9 cm³/mol. The Morgan fingerprint density at radius 3 is 2.79 bits per heavy atom. The van der Waals surface area contributed by atoms with E-state index in [1.807, 2.05) is 26.1 Å². The highest BCUT2D eigenvalue weighted by atomic mass is 16.5. The van der Waals surface area contributed by atoms with Crippen molar-refractivity contribution < 1.29 is 4.74 Å². The molecule has 19 heavy (non-hydrogen) atoms. The van der Waals surface area contributed by atoms with Crippen molar-refractivity contribution in [2.24, 2.45) is 0 Å². The van der Waals surface area contributed by atoms with Crippen LogP contribution in [0.1, 0.15) is 32.6 Å². The van der Waals surface area contributed by atoms with Crippen molar-refractivity contribution in [1.29, 1.82) is 0 Å². The maximum absolute atomic E-state index is 5.54. The maximum Gasteiger partial charge on any atom is 0.121 e. The molecule has 1 aromatic carbocycles. The molecule has 1 heterocycles. The molecule has 4 nitrogen and oxygen atoms in total. The Balaban J connectivity index is 2.46. The van der Waals surface area contributed by atoms with Crippen molar-refractivity contribution in [3.05, 3.63) is 24.0 Å². The number of likely N-dealkylation sites (N-methyl/N-ethyl adjacent to an activating group) is 1. The number of nitrogens with zero attached hydrogens (tertiary/aromatic N) is 2. The zero-order valence-electron chi connectivity index (χ0n) is 12.2. The van der Waals surface area contributed by atoms with E-state index in [1.165, 1.54) is 5.52 Å². The third-order valence-corrected chi connectivity index (χ3v) is 3.16. The molecule has 0 fully saturated rings. The number of ether oxygens (including phenoxy) is 1. The largest absolute Gasteiger partial charge is 0.494 e. The molecule has 1 N–H and O–H groups in total. The summed E-state index contributed by atoms with van der Waals surface area (Å²) in [7, 11) is 1.97. The number of aromatic nitrogens is 2. The first-order valence-electron chi connectivity index (χ1n) is 6.95. The normalized spacial score (nSPS) is 11.4. The average molecular weight is 261 g/mol. The summed E-state index contributed by atoms with van der Waals surface area (Å²) in [6.45, 7) is 8.01. The van der Waals surface area contributed by atoms with Crippen LogP contribution >= 0.6 is 0 Å². The van der Waals surface area contributed by atoms with Gasteiger partial charge >= 0.3 is 0 Å². The molecule has 2 aromatic rings. The smallest absolute Gasteiger partial charge is 0.121 e. The quantitative estimate of drug-likeness (QED) is 0.869. The Hall–Kier alpha value is -1.55. The Morgan fingerprint density at radius 1 is 1.37 bits per heavy atom. The molecule has 1 aromatic heterocycles. The van der Waals surface area contributed by atoms with Gasteiger partial charge in [-0.1, -0.05) is 0 Å². The third kappa shape index (κ3) is 2.89. The molecule has 0 saturated heterocycles. The van der Waals surface area contributed by atoms with E-state index < -0.39 is 0 Å². The van der Waals surface area contributed by atoms with Gasteiger partial charge in [-0.3, -0.25) is 0 Å². The van der Waals surface area contributed by atoms with E-state index in [-0.39, 0.29) is 0 Å². The molecule has 0 radical (unpaired) electrons. The van der Waals surface area contributed by atoms with Crippen LogP contribution in [0.3, 0.4) is 0 Å². The molecule has 0 unspecified atom stereocenters. The first kappa shape index (κ1) is 13.9. The van der Waals surface area contributed by atoms with Crippen molar-refractivity contribution in [3.63, 3.8) is 0 Å². The monoisotopic (exact) mass is 261 g/mol. The van der Waals surface area contributed by atoms with Crippen LogP contribution in [-0.4, -0.2) is 29.8 Å². The maximum atomic E-state index is 5.54. The van der Waals surface area contributed by atoms with E-state index >= 15 is 0 Å². The lowest BCUT2D eigenvalue weighted by Crippen LogP contribution is -2.15. The molecule has 0 atom stereocenters. The lowest BCUT2D eigenvalue weighted by Gasteiger charge is -2.13. The lowest BCUT2D eigenvalue weighted by atomic mass is 10.2. The van der Waals surface area contributed by atoms with Crippen molar-refractivity contribution in [2.45, 2.75) is 33.2 Å². The van der Waals surface area contributed by atoms with E-state index in [4.69, 9.17) is 9.72 Å². The first-order valence-corrected chi connectivity index (χ1v) is 6.95. The van der Waals surface area contributed by atoms with E-state index in [2.05, 4.69) is 29.8 Å².